The van der Waals surface area contributed by atoms with E-state index in [4.69, 9.17) is 4.84 Å². The first kappa shape index (κ1) is 15.4. The molecule has 1 N–H and O–H groups in total. The van der Waals surface area contributed by atoms with E-state index in [1.165, 1.54) is 15.3 Å². The van der Waals surface area contributed by atoms with Crippen LogP contribution < -0.4 is 5.69 Å². The molecule has 0 radical (unpaired) electrons. The van der Waals surface area contributed by atoms with E-state index in [1.54, 1.807) is 42.6 Å². The van der Waals surface area contributed by atoms with Crippen LogP contribution in [-0.4, -0.2) is 27.1 Å². The molecule has 114 valence electrons. The van der Waals surface area contributed by atoms with Gasteiger partial charge in [0.1, 0.15) is 6.61 Å². The topological polar surface area (TPSA) is 68.8 Å². The molecule has 2 rings (SSSR count). The number of rotatable bonds is 7. The summed E-state index contributed by atoms with van der Waals surface area (Å²) in [5.41, 5.74) is 1.05. The van der Waals surface area contributed by atoms with Gasteiger partial charge in [0.25, 0.3) is 0 Å². The van der Waals surface area contributed by atoms with Crippen molar-refractivity contribution >= 4 is 6.21 Å². The number of aromatic hydroxyl groups is 1. The summed E-state index contributed by atoms with van der Waals surface area (Å²) >= 11 is 0. The second-order valence-electron chi connectivity index (χ2n) is 4.46. The molecule has 0 saturated heterocycles. The molecule has 6 heteroatoms. The summed E-state index contributed by atoms with van der Waals surface area (Å²) < 4.78 is 2.60. The maximum atomic E-state index is 12.2. The second-order valence-corrected chi connectivity index (χ2v) is 4.46. The Morgan fingerprint density at radius 3 is 2.59 bits per heavy atom. The van der Waals surface area contributed by atoms with Crippen LogP contribution in [0, 0.1) is 0 Å². The third-order valence-corrected chi connectivity index (χ3v) is 2.88. The summed E-state index contributed by atoms with van der Waals surface area (Å²) in [5, 5.41) is 13.7. The molecule has 0 saturated carbocycles. The number of allylic oxidation sites excluding steroid dienone is 1. The fraction of sp³-hybridized carbons (Fsp3) is 0.125. The lowest BCUT2D eigenvalue weighted by molar-refractivity contribution is 0.176. The molecule has 0 bridgehead atoms. The van der Waals surface area contributed by atoms with Gasteiger partial charge in [0.05, 0.1) is 18.1 Å². The van der Waals surface area contributed by atoms with Crippen LogP contribution in [0.3, 0.4) is 0 Å². The largest absolute Gasteiger partial charge is 0.493 e. The highest BCUT2D eigenvalue weighted by Crippen LogP contribution is 2.15. The van der Waals surface area contributed by atoms with Crippen molar-refractivity contribution in [2.24, 2.45) is 5.16 Å². The van der Waals surface area contributed by atoms with Gasteiger partial charge in [-0.25, -0.2) is 9.36 Å². The van der Waals surface area contributed by atoms with Crippen LogP contribution in [0.1, 0.15) is 5.56 Å². The van der Waals surface area contributed by atoms with Crippen molar-refractivity contribution in [2.75, 3.05) is 6.61 Å². The summed E-state index contributed by atoms with van der Waals surface area (Å²) in [6, 6.07) is 6.97. The molecule has 0 aliphatic rings. The first-order valence-corrected chi connectivity index (χ1v) is 6.66. The summed E-state index contributed by atoms with van der Waals surface area (Å²) in [4.78, 5) is 17.1. The third kappa shape index (κ3) is 3.35. The molecule has 0 unspecified atom stereocenters. The monoisotopic (exact) mass is 299 g/mol. The first-order chi connectivity index (χ1) is 10.7. The number of nitrogens with zero attached hydrogens (tertiary/aromatic N) is 3. The van der Waals surface area contributed by atoms with Crippen molar-refractivity contribution < 1.29 is 9.94 Å². The smallest absolute Gasteiger partial charge is 0.335 e. The molecule has 0 atom stereocenters. The summed E-state index contributed by atoms with van der Waals surface area (Å²) in [7, 11) is 0. The highest BCUT2D eigenvalue weighted by molar-refractivity contribution is 5.79. The van der Waals surface area contributed by atoms with Crippen LogP contribution in [0.15, 0.2) is 65.7 Å². The minimum atomic E-state index is -0.326. The number of oxime groups is 1. The normalized spacial score (nSPS) is 10.7. The molecule has 0 amide bonds. The number of hydrogen-bond donors (Lipinski definition) is 1. The lowest BCUT2D eigenvalue weighted by atomic mass is 10.2. The van der Waals surface area contributed by atoms with E-state index in [9.17, 15) is 9.90 Å². The Morgan fingerprint density at radius 1 is 1.23 bits per heavy atom. The van der Waals surface area contributed by atoms with Crippen LogP contribution in [0.25, 0.3) is 5.69 Å². The van der Waals surface area contributed by atoms with Crippen LogP contribution in [0.4, 0.5) is 0 Å². The van der Waals surface area contributed by atoms with Gasteiger partial charge in [-0.15, -0.1) is 6.58 Å². The van der Waals surface area contributed by atoms with E-state index in [0.29, 0.717) is 18.8 Å². The maximum absolute atomic E-state index is 12.2. The zero-order chi connectivity index (χ0) is 15.9. The summed E-state index contributed by atoms with van der Waals surface area (Å²) in [6.07, 6.45) is 6.12. The number of imidazole rings is 1. The van der Waals surface area contributed by atoms with Crippen molar-refractivity contribution in [1.29, 1.82) is 0 Å². The average molecular weight is 299 g/mol. The molecule has 1 aromatic carbocycles. The van der Waals surface area contributed by atoms with E-state index in [1.807, 2.05) is 0 Å². The van der Waals surface area contributed by atoms with E-state index < -0.39 is 0 Å². The number of benzene rings is 1. The molecule has 6 nitrogen and oxygen atoms in total. The standard InChI is InChI=1S/C16H17N3O3/c1-3-9-18-12-15(20)19(16(18)21)14-7-5-13(6-8-14)11-17-22-10-4-2/h3-8,11-12,20H,1-2,9-10H2. The minimum Gasteiger partial charge on any atom is -0.493 e. The fourth-order valence-corrected chi connectivity index (χ4v) is 1.89. The predicted octanol–water partition coefficient (Wildman–Crippen LogP) is 2.07. The Kier molecular flexibility index (Phi) is 4.98. The molecule has 2 aromatic rings. The molecular formula is C16H17N3O3. The van der Waals surface area contributed by atoms with Crippen LogP contribution >= 0.6 is 0 Å². The van der Waals surface area contributed by atoms with Crippen LogP contribution in [0.2, 0.25) is 0 Å². The van der Waals surface area contributed by atoms with Gasteiger partial charge < -0.3 is 9.94 Å². The van der Waals surface area contributed by atoms with Crippen molar-refractivity contribution in [3.63, 3.8) is 0 Å². The zero-order valence-electron chi connectivity index (χ0n) is 12.1. The van der Waals surface area contributed by atoms with Gasteiger partial charge in [-0.3, -0.25) is 4.57 Å². The Bertz CT molecular complexity index is 739. The maximum Gasteiger partial charge on any atom is 0.335 e. The van der Waals surface area contributed by atoms with Crippen molar-refractivity contribution in [2.45, 2.75) is 6.54 Å². The molecular weight excluding hydrogens is 282 g/mol. The molecule has 1 aromatic heterocycles. The van der Waals surface area contributed by atoms with Crippen molar-refractivity contribution in [3.8, 4) is 11.6 Å². The van der Waals surface area contributed by atoms with E-state index in [0.717, 1.165) is 5.56 Å². The highest BCUT2D eigenvalue weighted by atomic mass is 16.6. The quantitative estimate of drug-likeness (QED) is 0.368. The first-order valence-electron chi connectivity index (χ1n) is 6.66. The molecule has 22 heavy (non-hydrogen) atoms. The lowest BCUT2D eigenvalue weighted by Crippen LogP contribution is -2.22. The molecule has 1 heterocycles. The van der Waals surface area contributed by atoms with Gasteiger partial charge in [-0.05, 0) is 17.7 Å². The Hall–Kier alpha value is -3.02. The van der Waals surface area contributed by atoms with Gasteiger partial charge in [0.2, 0.25) is 5.88 Å². The fourth-order valence-electron chi connectivity index (χ4n) is 1.89. The van der Waals surface area contributed by atoms with E-state index in [-0.39, 0.29) is 11.6 Å². The van der Waals surface area contributed by atoms with Crippen LogP contribution in [0.5, 0.6) is 5.88 Å². The lowest BCUT2D eigenvalue weighted by Gasteiger charge is -2.03. The second kappa shape index (κ2) is 7.12. The summed E-state index contributed by atoms with van der Waals surface area (Å²) in [5.74, 6) is -0.123. The zero-order valence-corrected chi connectivity index (χ0v) is 12.1. The Morgan fingerprint density at radius 2 is 1.95 bits per heavy atom. The predicted molar refractivity (Wildman–Crippen MR) is 85.6 cm³/mol. The highest BCUT2D eigenvalue weighted by Gasteiger charge is 2.11. The van der Waals surface area contributed by atoms with Crippen molar-refractivity contribution in [1.82, 2.24) is 9.13 Å². The van der Waals surface area contributed by atoms with Gasteiger partial charge in [0, 0.05) is 6.54 Å². The SMILES string of the molecule is C=CCON=Cc1ccc(-n2c(O)cn(CC=C)c2=O)cc1. The van der Waals surface area contributed by atoms with E-state index >= 15 is 0 Å². The molecule has 0 aliphatic heterocycles. The number of hydrogen-bond acceptors (Lipinski definition) is 4. The molecule has 0 aliphatic carbocycles. The molecule has 0 spiro atoms. The minimum absolute atomic E-state index is 0.123. The number of aromatic nitrogens is 2. The third-order valence-electron chi connectivity index (χ3n) is 2.88. The van der Waals surface area contributed by atoms with Gasteiger partial charge in [-0.1, -0.05) is 36.0 Å². The van der Waals surface area contributed by atoms with Crippen molar-refractivity contribution in [3.05, 3.63) is 71.8 Å². The average Bonchev–Trinajstić information content (AvgIpc) is 2.79. The van der Waals surface area contributed by atoms with Crippen LogP contribution in [-0.2, 0) is 11.4 Å². The van der Waals surface area contributed by atoms with E-state index in [2.05, 4.69) is 18.3 Å². The van der Waals surface area contributed by atoms with Gasteiger partial charge >= 0.3 is 5.69 Å². The Balaban J connectivity index is 2.24. The van der Waals surface area contributed by atoms with Gasteiger partial charge in [-0.2, -0.15) is 0 Å². The summed E-state index contributed by atoms with van der Waals surface area (Å²) in [6.45, 7) is 7.78. The molecule has 0 fully saturated rings. The van der Waals surface area contributed by atoms with Gasteiger partial charge in [0.15, 0.2) is 0 Å². The Labute approximate surface area is 127 Å².